The zero-order valence-electron chi connectivity index (χ0n) is 11.5. The molecule has 0 radical (unpaired) electrons. The Morgan fingerprint density at radius 3 is 2.60 bits per heavy atom. The number of carboxylic acids is 1. The van der Waals surface area contributed by atoms with Gasteiger partial charge >= 0.3 is 5.97 Å². The Morgan fingerprint density at radius 2 is 2.05 bits per heavy atom. The number of para-hydroxylation sites is 1. The predicted molar refractivity (Wildman–Crippen MR) is 74.6 cm³/mol. The maximum Gasteiger partial charge on any atom is 0.305 e. The second-order valence-electron chi connectivity index (χ2n) is 5.05. The molecule has 1 fully saturated rings. The van der Waals surface area contributed by atoms with Crippen molar-refractivity contribution in [3.8, 4) is 0 Å². The first-order chi connectivity index (χ1) is 9.58. The van der Waals surface area contributed by atoms with E-state index in [1.165, 1.54) is 0 Å². The smallest absolute Gasteiger partial charge is 0.305 e. The molecule has 0 saturated carbocycles. The fourth-order valence-electron chi connectivity index (χ4n) is 2.39. The van der Waals surface area contributed by atoms with E-state index >= 15 is 0 Å². The summed E-state index contributed by atoms with van der Waals surface area (Å²) >= 11 is 0. The predicted octanol–water partition coefficient (Wildman–Crippen LogP) is 1.92. The fourth-order valence-corrected chi connectivity index (χ4v) is 2.39. The van der Waals surface area contributed by atoms with Crippen LogP contribution in [0.15, 0.2) is 30.3 Å². The maximum absolute atomic E-state index is 12.6. The molecule has 5 nitrogen and oxygen atoms in total. The molecule has 1 N–H and O–H groups in total. The van der Waals surface area contributed by atoms with Gasteiger partial charge in [-0.15, -0.1) is 0 Å². The van der Waals surface area contributed by atoms with Gasteiger partial charge < -0.3 is 14.7 Å². The van der Waals surface area contributed by atoms with E-state index in [9.17, 15) is 9.59 Å². The largest absolute Gasteiger partial charge is 0.481 e. The Balaban J connectivity index is 2.13. The summed E-state index contributed by atoms with van der Waals surface area (Å²) in [7, 11) is 0. The summed E-state index contributed by atoms with van der Waals surface area (Å²) < 4.78 is 5.43. The number of hydrogen-bond acceptors (Lipinski definition) is 3. The highest BCUT2D eigenvalue weighted by atomic mass is 16.5. The molecule has 1 aliphatic rings. The normalized spacial score (nSPS) is 21.6. The van der Waals surface area contributed by atoms with Gasteiger partial charge in [0, 0.05) is 12.2 Å². The maximum atomic E-state index is 12.6. The molecule has 0 bridgehead atoms. The Bertz CT molecular complexity index is 474. The van der Waals surface area contributed by atoms with E-state index in [4.69, 9.17) is 9.84 Å². The third-order valence-electron chi connectivity index (χ3n) is 3.43. The van der Waals surface area contributed by atoms with Gasteiger partial charge in [0.2, 0.25) is 5.91 Å². The van der Waals surface area contributed by atoms with E-state index in [-0.39, 0.29) is 30.9 Å². The molecule has 2 rings (SSSR count). The van der Waals surface area contributed by atoms with Crippen LogP contribution >= 0.6 is 0 Å². The van der Waals surface area contributed by atoms with Crippen LogP contribution in [0.3, 0.4) is 0 Å². The summed E-state index contributed by atoms with van der Waals surface area (Å²) in [6.07, 6.45) is 0.708. The minimum absolute atomic E-state index is 0.0539. The van der Waals surface area contributed by atoms with E-state index in [0.717, 1.165) is 5.69 Å². The van der Waals surface area contributed by atoms with Crippen molar-refractivity contribution in [2.24, 2.45) is 5.92 Å². The molecule has 1 aromatic carbocycles. The average molecular weight is 277 g/mol. The molecule has 0 aromatic heterocycles. The summed E-state index contributed by atoms with van der Waals surface area (Å²) in [5.41, 5.74) is 0.735. The van der Waals surface area contributed by atoms with Crippen LogP contribution in [0.2, 0.25) is 0 Å². The summed E-state index contributed by atoms with van der Waals surface area (Å²) in [4.78, 5) is 24.9. The van der Waals surface area contributed by atoms with Gasteiger partial charge in [-0.1, -0.05) is 18.2 Å². The van der Waals surface area contributed by atoms with Gasteiger partial charge in [0.1, 0.15) is 0 Å². The van der Waals surface area contributed by atoms with Gasteiger partial charge in [0.15, 0.2) is 0 Å². The van der Waals surface area contributed by atoms with Crippen LogP contribution in [0, 0.1) is 5.92 Å². The number of benzene rings is 1. The number of ether oxygens (including phenoxy) is 1. The van der Waals surface area contributed by atoms with Gasteiger partial charge in [-0.3, -0.25) is 9.59 Å². The molecule has 2 unspecified atom stereocenters. The van der Waals surface area contributed by atoms with Crippen molar-refractivity contribution in [1.29, 1.82) is 0 Å². The molecule has 5 heteroatoms. The molecule has 0 aliphatic carbocycles. The van der Waals surface area contributed by atoms with E-state index in [0.29, 0.717) is 13.0 Å². The van der Waals surface area contributed by atoms with Crippen LogP contribution in [0.4, 0.5) is 5.69 Å². The fraction of sp³-hybridized carbons (Fsp3) is 0.467. The van der Waals surface area contributed by atoms with Crippen molar-refractivity contribution in [3.05, 3.63) is 30.3 Å². The molecule has 108 valence electrons. The van der Waals surface area contributed by atoms with Crippen molar-refractivity contribution in [1.82, 2.24) is 0 Å². The highest BCUT2D eigenvalue weighted by Crippen LogP contribution is 2.24. The van der Waals surface area contributed by atoms with Gasteiger partial charge in [-0.25, -0.2) is 0 Å². The number of aliphatic carboxylic acids is 1. The standard InChI is InChI=1S/C15H19NO4/c1-11-9-12(10-20-11)15(19)16(8-7-14(17)18)13-5-3-2-4-6-13/h2-6,11-12H,7-10H2,1H3,(H,17,18). The lowest BCUT2D eigenvalue weighted by atomic mass is 10.0. The number of amides is 1. The van der Waals surface area contributed by atoms with Crippen LogP contribution in [-0.2, 0) is 14.3 Å². The van der Waals surface area contributed by atoms with Gasteiger partial charge in [-0.2, -0.15) is 0 Å². The molecule has 1 saturated heterocycles. The quantitative estimate of drug-likeness (QED) is 0.893. The van der Waals surface area contributed by atoms with Gasteiger partial charge in [-0.05, 0) is 25.5 Å². The Morgan fingerprint density at radius 1 is 1.35 bits per heavy atom. The second-order valence-corrected chi connectivity index (χ2v) is 5.05. The number of nitrogens with zero attached hydrogens (tertiary/aromatic N) is 1. The highest BCUT2D eigenvalue weighted by Gasteiger charge is 2.32. The van der Waals surface area contributed by atoms with Gasteiger partial charge in [0.05, 0.1) is 25.0 Å². The molecule has 20 heavy (non-hydrogen) atoms. The number of carbonyl (C=O) groups excluding carboxylic acids is 1. The van der Waals surface area contributed by atoms with E-state index in [1.54, 1.807) is 4.90 Å². The zero-order valence-corrected chi connectivity index (χ0v) is 11.5. The van der Waals surface area contributed by atoms with E-state index in [2.05, 4.69) is 0 Å². The number of carboxylic acid groups (broad SMARTS) is 1. The third-order valence-corrected chi connectivity index (χ3v) is 3.43. The average Bonchev–Trinajstić information content (AvgIpc) is 2.86. The Hall–Kier alpha value is -1.88. The number of rotatable bonds is 5. The molecule has 0 spiro atoms. The van der Waals surface area contributed by atoms with Crippen molar-refractivity contribution >= 4 is 17.6 Å². The molecule has 1 aliphatic heterocycles. The SMILES string of the molecule is CC1CC(C(=O)N(CCC(=O)O)c2ccccc2)CO1. The number of hydrogen-bond donors (Lipinski definition) is 1. The Labute approximate surface area is 118 Å². The lowest BCUT2D eigenvalue weighted by molar-refractivity contribution is -0.136. The third kappa shape index (κ3) is 3.57. The van der Waals surface area contributed by atoms with Crippen molar-refractivity contribution in [2.75, 3.05) is 18.1 Å². The van der Waals surface area contributed by atoms with E-state index in [1.807, 2.05) is 37.3 Å². The summed E-state index contributed by atoms with van der Waals surface area (Å²) in [5, 5.41) is 8.84. The minimum atomic E-state index is -0.908. The molecule has 1 amide bonds. The second kappa shape index (κ2) is 6.52. The molecular formula is C15H19NO4. The Kier molecular flexibility index (Phi) is 4.74. The molecular weight excluding hydrogens is 258 g/mol. The van der Waals surface area contributed by atoms with Crippen molar-refractivity contribution in [2.45, 2.75) is 25.9 Å². The van der Waals surface area contributed by atoms with E-state index < -0.39 is 5.97 Å². The van der Waals surface area contributed by atoms with Crippen molar-refractivity contribution < 1.29 is 19.4 Å². The topological polar surface area (TPSA) is 66.8 Å². The van der Waals surface area contributed by atoms with Crippen LogP contribution in [0.5, 0.6) is 0 Å². The first-order valence-corrected chi connectivity index (χ1v) is 6.77. The van der Waals surface area contributed by atoms with Crippen LogP contribution in [0.1, 0.15) is 19.8 Å². The molecule has 1 heterocycles. The molecule has 1 aromatic rings. The monoisotopic (exact) mass is 277 g/mol. The van der Waals surface area contributed by atoms with Gasteiger partial charge in [0.25, 0.3) is 0 Å². The van der Waals surface area contributed by atoms with Crippen LogP contribution in [0.25, 0.3) is 0 Å². The molecule has 2 atom stereocenters. The number of carbonyl (C=O) groups is 2. The zero-order chi connectivity index (χ0) is 14.5. The summed E-state index contributed by atoms with van der Waals surface area (Å²) in [6.45, 7) is 2.54. The highest BCUT2D eigenvalue weighted by molar-refractivity contribution is 5.95. The number of anilines is 1. The lowest BCUT2D eigenvalue weighted by Gasteiger charge is -2.24. The first-order valence-electron chi connectivity index (χ1n) is 6.77. The van der Waals surface area contributed by atoms with Crippen LogP contribution in [-0.4, -0.2) is 36.2 Å². The van der Waals surface area contributed by atoms with Crippen LogP contribution < -0.4 is 4.90 Å². The van der Waals surface area contributed by atoms with Crippen molar-refractivity contribution in [3.63, 3.8) is 0 Å². The summed E-state index contributed by atoms with van der Waals surface area (Å²) in [6, 6.07) is 9.18. The summed E-state index contributed by atoms with van der Waals surface area (Å²) in [5.74, 6) is -1.14. The first kappa shape index (κ1) is 14.5. The lowest BCUT2D eigenvalue weighted by Crippen LogP contribution is -2.38. The minimum Gasteiger partial charge on any atom is -0.481 e.